The van der Waals surface area contributed by atoms with Crippen molar-refractivity contribution in [3.05, 3.63) is 30.5 Å². The van der Waals surface area contributed by atoms with Gasteiger partial charge in [0.15, 0.2) is 0 Å². The smallest absolute Gasteiger partial charge is 0.239 e. The Bertz CT molecular complexity index is 663. The summed E-state index contributed by atoms with van der Waals surface area (Å²) in [6, 6.07) is 7.55. The number of nitrogens with one attached hydrogen (secondary N) is 2. The molecule has 1 atom stereocenters. The number of amides is 2. The molecule has 1 heterocycles. The first kappa shape index (κ1) is 15.1. The van der Waals surface area contributed by atoms with Crippen LogP contribution in [-0.4, -0.2) is 30.0 Å². The molecule has 2 amide bonds. The Morgan fingerprint density at radius 3 is 2.76 bits per heavy atom. The fraction of sp³-hybridized carbons (Fsp3) is 0.333. The highest BCUT2D eigenvalue weighted by Crippen LogP contribution is 2.21. The summed E-state index contributed by atoms with van der Waals surface area (Å²) in [5.41, 5.74) is 7.08. The minimum Gasteiger partial charge on any atom is -0.358 e. The van der Waals surface area contributed by atoms with Crippen LogP contribution in [0.25, 0.3) is 10.9 Å². The standard InChI is InChI=1S/C15H20N4O2/c1-10(8-16)15(21)18-12-4-3-11-5-6-19(13(11)7-12)9-14(20)17-2/h3-7,10H,8-9,16H2,1-2H3,(H,17,20)(H,18,21). The van der Waals surface area contributed by atoms with Gasteiger partial charge in [-0.1, -0.05) is 13.0 Å². The molecule has 2 aromatic rings. The van der Waals surface area contributed by atoms with Gasteiger partial charge in [-0.25, -0.2) is 0 Å². The molecule has 0 aliphatic carbocycles. The van der Waals surface area contributed by atoms with E-state index in [0.717, 1.165) is 10.9 Å². The maximum absolute atomic E-state index is 11.9. The Morgan fingerprint density at radius 1 is 1.33 bits per heavy atom. The lowest BCUT2D eigenvalue weighted by Crippen LogP contribution is -2.26. The number of carbonyl (C=O) groups is 2. The van der Waals surface area contributed by atoms with Crippen molar-refractivity contribution in [3.63, 3.8) is 0 Å². The van der Waals surface area contributed by atoms with Crippen LogP contribution in [0.5, 0.6) is 0 Å². The third-order valence-corrected chi connectivity index (χ3v) is 3.44. The highest BCUT2D eigenvalue weighted by molar-refractivity contribution is 5.95. The van der Waals surface area contributed by atoms with Crippen LogP contribution in [0.15, 0.2) is 30.5 Å². The van der Waals surface area contributed by atoms with E-state index in [9.17, 15) is 9.59 Å². The van der Waals surface area contributed by atoms with E-state index in [-0.39, 0.29) is 24.3 Å². The van der Waals surface area contributed by atoms with Crippen LogP contribution in [0, 0.1) is 5.92 Å². The van der Waals surface area contributed by atoms with Gasteiger partial charge in [0.2, 0.25) is 11.8 Å². The summed E-state index contributed by atoms with van der Waals surface area (Å²) in [6.07, 6.45) is 1.86. The minimum absolute atomic E-state index is 0.0707. The first-order chi connectivity index (χ1) is 10.0. The molecule has 21 heavy (non-hydrogen) atoms. The number of anilines is 1. The van der Waals surface area contributed by atoms with E-state index in [1.54, 1.807) is 14.0 Å². The molecule has 0 saturated heterocycles. The average molecular weight is 288 g/mol. The second kappa shape index (κ2) is 6.41. The van der Waals surface area contributed by atoms with E-state index >= 15 is 0 Å². The fourth-order valence-electron chi connectivity index (χ4n) is 2.01. The molecule has 2 rings (SSSR count). The van der Waals surface area contributed by atoms with Crippen molar-refractivity contribution in [2.45, 2.75) is 13.5 Å². The van der Waals surface area contributed by atoms with Crippen LogP contribution in [0.3, 0.4) is 0 Å². The van der Waals surface area contributed by atoms with Crippen molar-refractivity contribution in [2.75, 3.05) is 18.9 Å². The molecule has 1 aromatic carbocycles. The first-order valence-electron chi connectivity index (χ1n) is 6.85. The van der Waals surface area contributed by atoms with Crippen molar-refractivity contribution >= 4 is 28.4 Å². The molecule has 4 N–H and O–H groups in total. The number of rotatable bonds is 5. The van der Waals surface area contributed by atoms with Crippen molar-refractivity contribution in [3.8, 4) is 0 Å². The van der Waals surface area contributed by atoms with Gasteiger partial charge in [-0.15, -0.1) is 0 Å². The molecular weight excluding hydrogens is 268 g/mol. The van der Waals surface area contributed by atoms with E-state index in [4.69, 9.17) is 5.73 Å². The molecule has 0 aliphatic rings. The zero-order valence-electron chi connectivity index (χ0n) is 12.2. The zero-order valence-corrected chi connectivity index (χ0v) is 12.2. The second-order valence-corrected chi connectivity index (χ2v) is 5.02. The Morgan fingerprint density at radius 2 is 2.10 bits per heavy atom. The van der Waals surface area contributed by atoms with Crippen LogP contribution in [0.2, 0.25) is 0 Å². The van der Waals surface area contributed by atoms with Gasteiger partial charge in [0.25, 0.3) is 0 Å². The summed E-state index contributed by atoms with van der Waals surface area (Å²) in [5, 5.41) is 6.45. The minimum atomic E-state index is -0.238. The number of nitrogens with zero attached hydrogens (tertiary/aromatic N) is 1. The van der Waals surface area contributed by atoms with Crippen molar-refractivity contribution in [1.82, 2.24) is 9.88 Å². The molecule has 112 valence electrons. The molecular formula is C15H20N4O2. The number of likely N-dealkylation sites (N-methyl/N-ethyl adjacent to an activating group) is 1. The largest absolute Gasteiger partial charge is 0.358 e. The van der Waals surface area contributed by atoms with Gasteiger partial charge >= 0.3 is 0 Å². The second-order valence-electron chi connectivity index (χ2n) is 5.02. The van der Waals surface area contributed by atoms with Gasteiger partial charge in [-0.05, 0) is 23.6 Å². The third kappa shape index (κ3) is 3.41. The van der Waals surface area contributed by atoms with Gasteiger partial charge in [-0.3, -0.25) is 9.59 Å². The van der Waals surface area contributed by atoms with Crippen LogP contribution in [0.4, 0.5) is 5.69 Å². The van der Waals surface area contributed by atoms with E-state index in [0.29, 0.717) is 12.2 Å². The predicted molar refractivity (Wildman–Crippen MR) is 82.9 cm³/mol. The lowest BCUT2D eigenvalue weighted by Gasteiger charge is -2.11. The number of hydrogen-bond donors (Lipinski definition) is 3. The molecule has 0 saturated carbocycles. The van der Waals surface area contributed by atoms with Gasteiger partial charge in [0.1, 0.15) is 6.54 Å². The molecule has 0 aliphatic heterocycles. The lowest BCUT2D eigenvalue weighted by atomic mass is 10.1. The Kier molecular flexibility index (Phi) is 4.59. The molecule has 0 radical (unpaired) electrons. The SMILES string of the molecule is CNC(=O)Cn1ccc2ccc(NC(=O)C(C)CN)cc21. The van der Waals surface area contributed by atoms with Gasteiger partial charge < -0.3 is 20.9 Å². The quantitative estimate of drug-likeness (QED) is 0.764. The Labute approximate surface area is 123 Å². The summed E-state index contributed by atoms with van der Waals surface area (Å²) in [7, 11) is 1.61. The first-order valence-corrected chi connectivity index (χ1v) is 6.85. The number of aromatic nitrogens is 1. The molecule has 1 aromatic heterocycles. The van der Waals surface area contributed by atoms with Crippen molar-refractivity contribution in [1.29, 1.82) is 0 Å². The van der Waals surface area contributed by atoms with E-state index in [1.807, 2.05) is 35.0 Å². The Balaban J connectivity index is 2.25. The Hall–Kier alpha value is -2.34. The summed E-state index contributed by atoms with van der Waals surface area (Å²) in [4.78, 5) is 23.4. The van der Waals surface area contributed by atoms with Crippen LogP contribution in [0.1, 0.15) is 6.92 Å². The summed E-state index contributed by atoms with van der Waals surface area (Å²) in [6.45, 7) is 2.33. The van der Waals surface area contributed by atoms with Gasteiger partial charge in [0, 0.05) is 31.4 Å². The number of nitrogens with two attached hydrogens (primary N) is 1. The zero-order chi connectivity index (χ0) is 15.4. The normalized spacial score (nSPS) is 12.1. The maximum Gasteiger partial charge on any atom is 0.239 e. The average Bonchev–Trinajstić information content (AvgIpc) is 2.88. The highest BCUT2D eigenvalue weighted by Gasteiger charge is 2.12. The molecule has 1 unspecified atom stereocenters. The summed E-state index contributed by atoms with van der Waals surface area (Å²) < 4.78 is 1.84. The molecule has 6 nitrogen and oxygen atoms in total. The molecule has 6 heteroatoms. The highest BCUT2D eigenvalue weighted by atomic mass is 16.2. The van der Waals surface area contributed by atoms with Gasteiger partial charge in [-0.2, -0.15) is 0 Å². The monoisotopic (exact) mass is 288 g/mol. The van der Waals surface area contributed by atoms with Crippen LogP contribution in [-0.2, 0) is 16.1 Å². The predicted octanol–water partition coefficient (Wildman–Crippen LogP) is 0.921. The van der Waals surface area contributed by atoms with Crippen LogP contribution < -0.4 is 16.4 Å². The number of hydrogen-bond acceptors (Lipinski definition) is 3. The third-order valence-electron chi connectivity index (χ3n) is 3.44. The molecule has 0 fully saturated rings. The molecule has 0 bridgehead atoms. The lowest BCUT2D eigenvalue weighted by molar-refractivity contribution is -0.121. The number of carbonyl (C=O) groups excluding carboxylic acids is 2. The van der Waals surface area contributed by atoms with Crippen molar-refractivity contribution in [2.24, 2.45) is 11.7 Å². The summed E-state index contributed by atoms with van der Waals surface area (Å²) >= 11 is 0. The van der Waals surface area contributed by atoms with Crippen LogP contribution >= 0.6 is 0 Å². The van der Waals surface area contributed by atoms with Gasteiger partial charge in [0.05, 0.1) is 5.52 Å². The van der Waals surface area contributed by atoms with E-state index < -0.39 is 0 Å². The fourth-order valence-corrected chi connectivity index (χ4v) is 2.01. The molecule has 0 spiro atoms. The van der Waals surface area contributed by atoms with Crippen molar-refractivity contribution < 1.29 is 9.59 Å². The number of benzene rings is 1. The number of fused-ring (bicyclic) bond motifs is 1. The van der Waals surface area contributed by atoms with E-state index in [1.165, 1.54) is 0 Å². The topological polar surface area (TPSA) is 89.2 Å². The summed E-state index contributed by atoms with van der Waals surface area (Å²) in [5.74, 6) is -0.418. The van der Waals surface area contributed by atoms with E-state index in [2.05, 4.69) is 10.6 Å². The maximum atomic E-state index is 11.9.